The summed E-state index contributed by atoms with van der Waals surface area (Å²) in [5.74, 6) is 0.304. The molecule has 22 heavy (non-hydrogen) atoms. The molecule has 1 N–H and O–H groups in total. The normalized spacial score (nSPS) is 18.5. The van der Waals surface area contributed by atoms with Crippen molar-refractivity contribution in [3.8, 4) is 0 Å². The molecule has 1 aromatic carbocycles. The molecule has 2 rings (SSSR count). The maximum Gasteiger partial charge on any atom is 0.227 e. The molecule has 0 saturated carbocycles. The quantitative estimate of drug-likeness (QED) is 0.868. The molecular weight excluding hydrogens is 300 g/mol. The maximum atomic E-state index is 11.7. The first kappa shape index (κ1) is 17.0. The molecule has 1 aliphatic rings. The van der Waals surface area contributed by atoms with Gasteiger partial charge in [0.2, 0.25) is 5.91 Å². The molecule has 1 saturated heterocycles. The highest BCUT2D eigenvalue weighted by Crippen LogP contribution is 2.23. The number of nitrogens with one attached hydrogen (secondary N) is 1. The molecule has 0 radical (unpaired) electrons. The van der Waals surface area contributed by atoms with Crippen LogP contribution in [0.2, 0.25) is 0 Å². The average Bonchev–Trinajstić information content (AvgIpc) is 2.83. The average molecular weight is 324 g/mol. The fraction of sp³-hybridized carbons (Fsp3) is 0.562. The zero-order chi connectivity index (χ0) is 16.3. The Labute approximate surface area is 132 Å². The second kappa shape index (κ2) is 6.79. The fourth-order valence-corrected chi connectivity index (χ4v) is 3.89. The Balaban J connectivity index is 1.99. The topological polar surface area (TPSA) is 66.5 Å². The molecule has 0 aromatic heterocycles. The maximum absolute atomic E-state index is 11.7. The molecule has 2 atom stereocenters. The van der Waals surface area contributed by atoms with Gasteiger partial charge in [-0.05, 0) is 38.0 Å². The van der Waals surface area contributed by atoms with Gasteiger partial charge in [0.25, 0.3) is 0 Å². The van der Waals surface area contributed by atoms with Gasteiger partial charge in [-0.1, -0.05) is 12.1 Å². The molecule has 0 unspecified atom stereocenters. The van der Waals surface area contributed by atoms with Crippen LogP contribution in [-0.2, 0) is 14.6 Å². The molecule has 6 heteroatoms. The van der Waals surface area contributed by atoms with E-state index in [1.807, 2.05) is 43.0 Å². The first-order valence-electron chi connectivity index (χ1n) is 7.60. The molecule has 1 amide bonds. The molecule has 1 aromatic rings. The van der Waals surface area contributed by atoms with Gasteiger partial charge in [0, 0.05) is 37.0 Å². The van der Waals surface area contributed by atoms with E-state index in [-0.39, 0.29) is 23.7 Å². The Kier molecular flexibility index (Phi) is 5.24. The molecule has 1 aliphatic heterocycles. The van der Waals surface area contributed by atoms with E-state index in [0.29, 0.717) is 6.42 Å². The lowest BCUT2D eigenvalue weighted by Crippen LogP contribution is -2.34. The van der Waals surface area contributed by atoms with Crippen LogP contribution < -0.4 is 10.2 Å². The number of hydrogen-bond acceptors (Lipinski definition) is 4. The lowest BCUT2D eigenvalue weighted by molar-refractivity contribution is -0.117. The number of rotatable bonds is 6. The summed E-state index contributed by atoms with van der Waals surface area (Å²) in [5.41, 5.74) is 2.01. The first-order valence-corrected chi connectivity index (χ1v) is 9.66. The minimum absolute atomic E-state index is 0.0556. The van der Waals surface area contributed by atoms with Gasteiger partial charge in [-0.3, -0.25) is 4.79 Å². The Hall–Kier alpha value is -1.40. The largest absolute Gasteiger partial charge is 0.312 e. The van der Waals surface area contributed by atoms with Crippen LogP contribution in [0.5, 0.6) is 0 Å². The third kappa shape index (κ3) is 4.55. The SMILES string of the molecule is C[C@H](CS(C)(=O)=O)N[C@@H](C)c1ccc(N2CCCC2=O)cc1. The number of amides is 1. The number of sulfone groups is 1. The summed E-state index contributed by atoms with van der Waals surface area (Å²) in [4.78, 5) is 13.5. The molecular formula is C16H24N2O3S. The van der Waals surface area contributed by atoms with Crippen molar-refractivity contribution in [2.45, 2.75) is 38.8 Å². The monoisotopic (exact) mass is 324 g/mol. The van der Waals surface area contributed by atoms with Crippen LogP contribution in [0.25, 0.3) is 0 Å². The second-order valence-corrected chi connectivity index (χ2v) is 8.31. The van der Waals surface area contributed by atoms with Crippen molar-refractivity contribution in [2.75, 3.05) is 23.5 Å². The lowest BCUT2D eigenvalue weighted by atomic mass is 10.1. The fourth-order valence-electron chi connectivity index (χ4n) is 2.89. The van der Waals surface area contributed by atoms with E-state index in [9.17, 15) is 13.2 Å². The lowest BCUT2D eigenvalue weighted by Gasteiger charge is -2.21. The van der Waals surface area contributed by atoms with Gasteiger partial charge in [0.15, 0.2) is 0 Å². The van der Waals surface area contributed by atoms with Crippen molar-refractivity contribution >= 4 is 21.4 Å². The van der Waals surface area contributed by atoms with Gasteiger partial charge in [-0.15, -0.1) is 0 Å². The van der Waals surface area contributed by atoms with Gasteiger partial charge in [-0.25, -0.2) is 8.42 Å². The molecule has 1 fully saturated rings. The summed E-state index contributed by atoms with van der Waals surface area (Å²) in [7, 11) is -2.98. The Morgan fingerprint density at radius 1 is 1.23 bits per heavy atom. The van der Waals surface area contributed by atoms with E-state index >= 15 is 0 Å². The minimum Gasteiger partial charge on any atom is -0.312 e. The van der Waals surface area contributed by atoms with E-state index in [0.717, 1.165) is 24.2 Å². The predicted octanol–water partition coefficient (Wildman–Crippen LogP) is 1.90. The van der Waals surface area contributed by atoms with Crippen LogP contribution in [0.4, 0.5) is 5.69 Å². The zero-order valence-electron chi connectivity index (χ0n) is 13.4. The van der Waals surface area contributed by atoms with Crippen LogP contribution in [-0.4, -0.2) is 38.9 Å². The van der Waals surface area contributed by atoms with Crippen molar-refractivity contribution in [1.82, 2.24) is 5.32 Å². The highest BCUT2D eigenvalue weighted by Gasteiger charge is 2.21. The van der Waals surface area contributed by atoms with E-state index in [1.165, 1.54) is 6.26 Å². The van der Waals surface area contributed by atoms with Gasteiger partial charge < -0.3 is 10.2 Å². The van der Waals surface area contributed by atoms with E-state index in [4.69, 9.17) is 0 Å². The second-order valence-electron chi connectivity index (χ2n) is 6.12. The molecule has 0 spiro atoms. The third-order valence-corrected chi connectivity index (χ3v) is 4.97. The molecule has 0 aliphatic carbocycles. The number of nitrogens with zero attached hydrogens (tertiary/aromatic N) is 1. The minimum atomic E-state index is -2.98. The van der Waals surface area contributed by atoms with Crippen LogP contribution >= 0.6 is 0 Å². The highest BCUT2D eigenvalue weighted by atomic mass is 32.2. The Morgan fingerprint density at radius 3 is 2.36 bits per heavy atom. The van der Waals surface area contributed by atoms with Crippen LogP contribution in [0.1, 0.15) is 38.3 Å². The van der Waals surface area contributed by atoms with Crippen LogP contribution in [0.15, 0.2) is 24.3 Å². The molecule has 122 valence electrons. The summed E-state index contributed by atoms with van der Waals surface area (Å²) in [5, 5.41) is 3.29. The molecule has 5 nitrogen and oxygen atoms in total. The number of anilines is 1. The molecule has 0 bridgehead atoms. The van der Waals surface area contributed by atoms with Crippen LogP contribution in [0, 0.1) is 0 Å². The van der Waals surface area contributed by atoms with Gasteiger partial charge >= 0.3 is 0 Å². The smallest absolute Gasteiger partial charge is 0.227 e. The summed E-state index contributed by atoms with van der Waals surface area (Å²) in [6.45, 7) is 4.67. The highest BCUT2D eigenvalue weighted by molar-refractivity contribution is 7.90. The van der Waals surface area contributed by atoms with Gasteiger partial charge in [-0.2, -0.15) is 0 Å². The summed E-state index contributed by atoms with van der Waals surface area (Å²) in [6, 6.07) is 7.85. The summed E-state index contributed by atoms with van der Waals surface area (Å²) in [6.07, 6.45) is 2.79. The Bertz CT molecular complexity index is 625. The summed E-state index contributed by atoms with van der Waals surface area (Å²) < 4.78 is 22.6. The van der Waals surface area contributed by atoms with Crippen molar-refractivity contribution < 1.29 is 13.2 Å². The molecule has 1 heterocycles. The number of carbonyl (C=O) groups excluding carboxylic acids is 1. The van der Waals surface area contributed by atoms with Gasteiger partial charge in [0.1, 0.15) is 9.84 Å². The van der Waals surface area contributed by atoms with E-state index in [1.54, 1.807) is 0 Å². The zero-order valence-corrected chi connectivity index (χ0v) is 14.2. The van der Waals surface area contributed by atoms with Crippen molar-refractivity contribution in [3.05, 3.63) is 29.8 Å². The number of hydrogen-bond donors (Lipinski definition) is 1. The van der Waals surface area contributed by atoms with E-state index in [2.05, 4.69) is 5.32 Å². The van der Waals surface area contributed by atoms with Crippen molar-refractivity contribution in [3.63, 3.8) is 0 Å². The number of carbonyl (C=O) groups is 1. The third-order valence-electron chi connectivity index (χ3n) is 3.87. The van der Waals surface area contributed by atoms with E-state index < -0.39 is 9.84 Å². The predicted molar refractivity (Wildman–Crippen MR) is 88.8 cm³/mol. The summed E-state index contributed by atoms with van der Waals surface area (Å²) >= 11 is 0. The van der Waals surface area contributed by atoms with Crippen molar-refractivity contribution in [2.24, 2.45) is 0 Å². The first-order chi connectivity index (χ1) is 10.3. The van der Waals surface area contributed by atoms with Crippen LogP contribution in [0.3, 0.4) is 0 Å². The standard InChI is InChI=1S/C16H24N2O3S/c1-12(11-22(3,20)21)17-13(2)14-6-8-15(9-7-14)18-10-4-5-16(18)19/h6-9,12-13,17H,4-5,10-11H2,1-3H3/t12-,13+/m1/s1. The number of benzene rings is 1. The Morgan fingerprint density at radius 2 is 1.86 bits per heavy atom. The van der Waals surface area contributed by atoms with Gasteiger partial charge in [0.05, 0.1) is 5.75 Å². The van der Waals surface area contributed by atoms with Crippen molar-refractivity contribution in [1.29, 1.82) is 0 Å².